The standard InChI is InChI=1S/C21H20FN3S/c22-19-13-7-8-14-20(19)23-21(26)24-25(15-17-9-3-1-4-10-17)16-18-11-5-2-6-12-18/h1-14H,15-16H2,(H2,23,24,26). The minimum Gasteiger partial charge on any atom is -0.329 e. The monoisotopic (exact) mass is 365 g/mol. The van der Waals surface area contributed by atoms with E-state index in [1.54, 1.807) is 18.2 Å². The van der Waals surface area contributed by atoms with Gasteiger partial charge in [0.2, 0.25) is 0 Å². The number of benzene rings is 3. The summed E-state index contributed by atoms with van der Waals surface area (Å²) in [5, 5.41) is 5.27. The summed E-state index contributed by atoms with van der Waals surface area (Å²) >= 11 is 5.37. The molecular formula is C21H20FN3S. The maximum Gasteiger partial charge on any atom is 0.185 e. The summed E-state index contributed by atoms with van der Waals surface area (Å²) in [6, 6.07) is 26.7. The van der Waals surface area contributed by atoms with Crippen LogP contribution in [0, 0.1) is 5.82 Å². The molecule has 0 atom stereocenters. The van der Waals surface area contributed by atoms with Gasteiger partial charge < -0.3 is 5.32 Å². The fourth-order valence-corrected chi connectivity index (χ4v) is 2.84. The molecule has 0 saturated carbocycles. The number of nitrogens with one attached hydrogen (secondary N) is 2. The zero-order valence-corrected chi connectivity index (χ0v) is 15.0. The minimum absolute atomic E-state index is 0.339. The van der Waals surface area contributed by atoms with Gasteiger partial charge in [-0.25, -0.2) is 9.40 Å². The van der Waals surface area contributed by atoms with Crippen molar-refractivity contribution in [2.45, 2.75) is 13.1 Å². The molecule has 0 amide bonds. The Bertz CT molecular complexity index is 799. The number of hydrazine groups is 1. The molecule has 26 heavy (non-hydrogen) atoms. The Balaban J connectivity index is 1.70. The number of halogens is 1. The topological polar surface area (TPSA) is 27.3 Å². The molecular weight excluding hydrogens is 345 g/mol. The summed E-state index contributed by atoms with van der Waals surface area (Å²) in [5.41, 5.74) is 5.84. The summed E-state index contributed by atoms with van der Waals surface area (Å²) in [6.45, 7) is 1.32. The third-order valence-corrected chi connectivity index (χ3v) is 4.01. The molecule has 0 radical (unpaired) electrons. The van der Waals surface area contributed by atoms with Gasteiger partial charge in [0.05, 0.1) is 5.69 Å². The molecule has 0 aliphatic heterocycles. The lowest BCUT2D eigenvalue weighted by atomic mass is 10.2. The second kappa shape index (κ2) is 9.08. The molecule has 3 aromatic carbocycles. The lowest BCUT2D eigenvalue weighted by molar-refractivity contribution is 0.218. The second-order valence-electron chi connectivity index (χ2n) is 5.87. The van der Waals surface area contributed by atoms with Gasteiger partial charge in [-0.1, -0.05) is 72.8 Å². The SMILES string of the molecule is Fc1ccccc1NC(=S)NN(Cc1ccccc1)Cc1ccccc1. The number of rotatable bonds is 6. The van der Waals surface area contributed by atoms with Gasteiger partial charge in [-0.05, 0) is 35.5 Å². The van der Waals surface area contributed by atoms with E-state index in [1.165, 1.54) is 6.07 Å². The quantitative estimate of drug-likeness (QED) is 0.488. The van der Waals surface area contributed by atoms with Crippen molar-refractivity contribution in [2.75, 3.05) is 5.32 Å². The summed E-state index contributed by atoms with van der Waals surface area (Å²) in [6.07, 6.45) is 0. The number of hydrogen-bond acceptors (Lipinski definition) is 2. The van der Waals surface area contributed by atoms with E-state index in [4.69, 9.17) is 12.2 Å². The molecule has 0 saturated heterocycles. The van der Waals surface area contributed by atoms with E-state index in [-0.39, 0.29) is 5.82 Å². The zero-order chi connectivity index (χ0) is 18.2. The van der Waals surface area contributed by atoms with E-state index in [1.807, 2.05) is 41.4 Å². The fourth-order valence-electron chi connectivity index (χ4n) is 2.60. The highest BCUT2D eigenvalue weighted by Crippen LogP contribution is 2.13. The Hall–Kier alpha value is -2.76. The summed E-state index contributed by atoms with van der Waals surface area (Å²) in [4.78, 5) is 0. The summed E-state index contributed by atoms with van der Waals surface area (Å²) in [7, 11) is 0. The van der Waals surface area contributed by atoms with E-state index in [9.17, 15) is 4.39 Å². The molecule has 0 aromatic heterocycles. The van der Waals surface area contributed by atoms with Gasteiger partial charge in [-0.3, -0.25) is 5.43 Å². The summed E-state index contributed by atoms with van der Waals surface area (Å²) < 4.78 is 13.8. The lowest BCUT2D eigenvalue weighted by Gasteiger charge is -2.25. The third-order valence-electron chi connectivity index (χ3n) is 3.81. The Kier molecular flexibility index (Phi) is 6.30. The van der Waals surface area contributed by atoms with Crippen molar-refractivity contribution in [3.8, 4) is 0 Å². The maximum atomic E-state index is 13.8. The molecule has 2 N–H and O–H groups in total. The van der Waals surface area contributed by atoms with Crippen molar-refractivity contribution in [1.82, 2.24) is 10.4 Å². The molecule has 0 aliphatic rings. The molecule has 5 heteroatoms. The van der Waals surface area contributed by atoms with E-state index in [2.05, 4.69) is 35.0 Å². The highest BCUT2D eigenvalue weighted by Gasteiger charge is 2.10. The maximum absolute atomic E-state index is 13.8. The number of para-hydroxylation sites is 1. The average Bonchev–Trinajstić information content (AvgIpc) is 2.65. The number of hydrogen-bond donors (Lipinski definition) is 2. The van der Waals surface area contributed by atoms with E-state index in [0.717, 1.165) is 11.1 Å². The van der Waals surface area contributed by atoms with Crippen molar-refractivity contribution in [2.24, 2.45) is 0 Å². The Labute approximate surface area is 158 Å². The van der Waals surface area contributed by atoms with Gasteiger partial charge in [-0.15, -0.1) is 0 Å². The van der Waals surface area contributed by atoms with Crippen LogP contribution >= 0.6 is 12.2 Å². The van der Waals surface area contributed by atoms with Crippen LogP contribution in [0.3, 0.4) is 0 Å². The predicted molar refractivity (Wildman–Crippen MR) is 108 cm³/mol. The number of anilines is 1. The highest BCUT2D eigenvalue weighted by atomic mass is 32.1. The largest absolute Gasteiger partial charge is 0.329 e. The first-order valence-corrected chi connectivity index (χ1v) is 8.76. The molecule has 3 aromatic rings. The molecule has 3 nitrogen and oxygen atoms in total. The van der Waals surface area contributed by atoms with E-state index in [0.29, 0.717) is 23.9 Å². The molecule has 0 spiro atoms. The first-order valence-electron chi connectivity index (χ1n) is 8.35. The van der Waals surface area contributed by atoms with Crippen LogP contribution in [0.1, 0.15) is 11.1 Å². The van der Waals surface area contributed by atoms with Gasteiger partial charge in [0, 0.05) is 13.1 Å². The molecule has 0 bridgehead atoms. The second-order valence-corrected chi connectivity index (χ2v) is 6.28. The number of nitrogens with zero attached hydrogens (tertiary/aromatic N) is 1. The molecule has 3 rings (SSSR count). The Morgan fingerprint density at radius 3 is 1.81 bits per heavy atom. The van der Waals surface area contributed by atoms with E-state index < -0.39 is 0 Å². The van der Waals surface area contributed by atoms with Crippen LogP contribution in [-0.4, -0.2) is 10.1 Å². The van der Waals surface area contributed by atoms with Crippen molar-refractivity contribution in [1.29, 1.82) is 0 Å². The summed E-state index contributed by atoms with van der Waals surface area (Å²) in [5.74, 6) is -0.339. The highest BCUT2D eigenvalue weighted by molar-refractivity contribution is 7.80. The Morgan fingerprint density at radius 2 is 1.27 bits per heavy atom. The van der Waals surface area contributed by atoms with Gasteiger partial charge in [0.15, 0.2) is 5.11 Å². The minimum atomic E-state index is -0.339. The van der Waals surface area contributed by atoms with Crippen molar-refractivity contribution >= 4 is 23.0 Å². The Morgan fingerprint density at radius 1 is 0.769 bits per heavy atom. The third kappa shape index (κ3) is 5.37. The van der Waals surface area contributed by atoms with Gasteiger partial charge in [0.25, 0.3) is 0 Å². The molecule has 0 fully saturated rings. The van der Waals surface area contributed by atoms with Crippen LogP contribution in [0.2, 0.25) is 0 Å². The molecule has 0 aliphatic carbocycles. The van der Waals surface area contributed by atoms with Gasteiger partial charge in [-0.2, -0.15) is 0 Å². The molecule has 0 heterocycles. The first kappa shape index (κ1) is 18.0. The smallest absolute Gasteiger partial charge is 0.185 e. The van der Waals surface area contributed by atoms with Crippen LogP contribution in [-0.2, 0) is 13.1 Å². The normalized spacial score (nSPS) is 10.5. The van der Waals surface area contributed by atoms with Gasteiger partial charge in [0.1, 0.15) is 5.82 Å². The van der Waals surface area contributed by atoms with Crippen LogP contribution in [0.25, 0.3) is 0 Å². The predicted octanol–water partition coefficient (Wildman–Crippen LogP) is 4.73. The fraction of sp³-hybridized carbons (Fsp3) is 0.0952. The van der Waals surface area contributed by atoms with Crippen molar-refractivity contribution < 1.29 is 4.39 Å². The lowest BCUT2D eigenvalue weighted by Crippen LogP contribution is -2.43. The van der Waals surface area contributed by atoms with Crippen LogP contribution in [0.15, 0.2) is 84.9 Å². The first-order chi connectivity index (χ1) is 12.7. The molecule has 132 valence electrons. The van der Waals surface area contributed by atoms with Crippen LogP contribution in [0.5, 0.6) is 0 Å². The average molecular weight is 365 g/mol. The van der Waals surface area contributed by atoms with Crippen molar-refractivity contribution in [3.05, 3.63) is 102 Å². The molecule has 0 unspecified atom stereocenters. The van der Waals surface area contributed by atoms with Crippen LogP contribution in [0.4, 0.5) is 10.1 Å². The van der Waals surface area contributed by atoms with Crippen molar-refractivity contribution in [3.63, 3.8) is 0 Å². The zero-order valence-electron chi connectivity index (χ0n) is 14.2. The number of thiocarbonyl (C=S) groups is 1. The van der Waals surface area contributed by atoms with Gasteiger partial charge >= 0.3 is 0 Å². The van der Waals surface area contributed by atoms with E-state index >= 15 is 0 Å². The van der Waals surface area contributed by atoms with Crippen LogP contribution < -0.4 is 10.7 Å².